The molecule has 1 heterocycles. The number of aryl methyl sites for hydroxylation is 1. The Bertz CT molecular complexity index is 406. The highest BCUT2D eigenvalue weighted by atomic mass is 16.5. The summed E-state index contributed by atoms with van der Waals surface area (Å²) in [6.07, 6.45) is 0. The van der Waals surface area contributed by atoms with Crippen LogP contribution in [0.3, 0.4) is 0 Å². The number of aliphatic hydroxyl groups excluding tert-OH is 1. The second-order valence-corrected chi connectivity index (χ2v) is 2.72. The fraction of sp³-hybridized carbons (Fsp3) is 0.222. The fourth-order valence-electron chi connectivity index (χ4n) is 1.27. The van der Waals surface area contributed by atoms with E-state index in [0.717, 1.165) is 16.6 Å². The molecule has 0 aliphatic carbocycles. The molecule has 0 aliphatic rings. The molecule has 0 spiro atoms. The van der Waals surface area contributed by atoms with E-state index in [9.17, 15) is 0 Å². The first-order valence-corrected chi connectivity index (χ1v) is 3.77. The van der Waals surface area contributed by atoms with E-state index in [1.54, 1.807) is 0 Å². The van der Waals surface area contributed by atoms with Gasteiger partial charge in [0, 0.05) is 10.9 Å². The smallest absolute Gasteiger partial charge is 0.172 e. The van der Waals surface area contributed by atoms with Crippen molar-refractivity contribution in [2.24, 2.45) is 0 Å². The van der Waals surface area contributed by atoms with Crippen molar-refractivity contribution in [3.05, 3.63) is 29.5 Å². The Morgan fingerprint density at radius 3 is 3.08 bits per heavy atom. The second-order valence-electron chi connectivity index (χ2n) is 2.72. The average molecular weight is 163 g/mol. The van der Waals surface area contributed by atoms with Crippen LogP contribution in [0.15, 0.2) is 22.7 Å². The molecule has 3 heteroatoms. The highest BCUT2D eigenvalue weighted by Gasteiger charge is 2.06. The van der Waals surface area contributed by atoms with Gasteiger partial charge in [0.15, 0.2) is 5.58 Å². The third kappa shape index (κ3) is 0.905. The zero-order valence-corrected chi connectivity index (χ0v) is 6.74. The van der Waals surface area contributed by atoms with E-state index < -0.39 is 0 Å². The van der Waals surface area contributed by atoms with Crippen LogP contribution in [0.2, 0.25) is 0 Å². The number of para-hydroxylation sites is 1. The first kappa shape index (κ1) is 7.31. The first-order chi connectivity index (χ1) is 5.83. The minimum Gasteiger partial charge on any atom is -0.392 e. The van der Waals surface area contributed by atoms with Gasteiger partial charge in [0.25, 0.3) is 0 Å². The molecule has 12 heavy (non-hydrogen) atoms. The predicted octanol–water partition coefficient (Wildman–Crippen LogP) is 1.63. The van der Waals surface area contributed by atoms with Crippen LogP contribution in [-0.4, -0.2) is 10.3 Å². The molecule has 0 fully saturated rings. The molecular weight excluding hydrogens is 154 g/mol. The Hall–Kier alpha value is -1.35. The van der Waals surface area contributed by atoms with E-state index in [2.05, 4.69) is 5.16 Å². The maximum Gasteiger partial charge on any atom is 0.172 e. The van der Waals surface area contributed by atoms with Gasteiger partial charge in [0.05, 0.1) is 12.3 Å². The Morgan fingerprint density at radius 2 is 2.33 bits per heavy atom. The number of aliphatic hydroxyl groups is 1. The summed E-state index contributed by atoms with van der Waals surface area (Å²) in [4.78, 5) is 0. The lowest BCUT2D eigenvalue weighted by molar-refractivity contribution is 0.280. The van der Waals surface area contributed by atoms with Crippen LogP contribution < -0.4 is 0 Å². The summed E-state index contributed by atoms with van der Waals surface area (Å²) in [6, 6.07) is 5.64. The number of aromatic nitrogens is 1. The van der Waals surface area contributed by atoms with E-state index in [0.29, 0.717) is 5.58 Å². The summed E-state index contributed by atoms with van der Waals surface area (Å²) in [5, 5.41) is 13.7. The molecule has 0 amide bonds. The van der Waals surface area contributed by atoms with Gasteiger partial charge >= 0.3 is 0 Å². The maximum atomic E-state index is 8.96. The monoisotopic (exact) mass is 163 g/mol. The van der Waals surface area contributed by atoms with Crippen LogP contribution in [0.4, 0.5) is 0 Å². The van der Waals surface area contributed by atoms with Crippen molar-refractivity contribution in [3.8, 4) is 0 Å². The summed E-state index contributed by atoms with van der Waals surface area (Å²) in [7, 11) is 0. The molecule has 0 bridgehead atoms. The summed E-state index contributed by atoms with van der Waals surface area (Å²) < 4.78 is 5.06. The van der Waals surface area contributed by atoms with Gasteiger partial charge in [0.2, 0.25) is 0 Å². The van der Waals surface area contributed by atoms with Crippen molar-refractivity contribution in [1.29, 1.82) is 0 Å². The molecule has 2 aromatic rings. The van der Waals surface area contributed by atoms with E-state index in [4.69, 9.17) is 9.63 Å². The zero-order valence-electron chi connectivity index (χ0n) is 6.74. The first-order valence-electron chi connectivity index (χ1n) is 3.77. The fourth-order valence-corrected chi connectivity index (χ4v) is 1.27. The van der Waals surface area contributed by atoms with Gasteiger partial charge in [-0.05, 0) is 13.0 Å². The molecule has 1 aromatic carbocycles. The highest BCUT2D eigenvalue weighted by molar-refractivity contribution is 5.81. The number of benzene rings is 1. The molecule has 1 aromatic heterocycles. The SMILES string of the molecule is Cc1noc2c(CO)cccc12. The molecule has 3 nitrogen and oxygen atoms in total. The third-order valence-electron chi connectivity index (χ3n) is 1.93. The minimum atomic E-state index is -0.00796. The lowest BCUT2D eigenvalue weighted by atomic mass is 10.1. The van der Waals surface area contributed by atoms with Crippen molar-refractivity contribution >= 4 is 11.0 Å². The van der Waals surface area contributed by atoms with Gasteiger partial charge in [-0.1, -0.05) is 17.3 Å². The van der Waals surface area contributed by atoms with E-state index >= 15 is 0 Å². The van der Waals surface area contributed by atoms with Crippen LogP contribution in [0.25, 0.3) is 11.0 Å². The Balaban J connectivity index is 2.81. The number of hydrogen-bond acceptors (Lipinski definition) is 3. The van der Waals surface area contributed by atoms with E-state index in [-0.39, 0.29) is 6.61 Å². The Morgan fingerprint density at radius 1 is 1.50 bits per heavy atom. The minimum absolute atomic E-state index is 0.00796. The van der Waals surface area contributed by atoms with Gasteiger partial charge in [-0.15, -0.1) is 0 Å². The normalized spacial score (nSPS) is 10.8. The predicted molar refractivity (Wildman–Crippen MR) is 44.7 cm³/mol. The molecule has 0 unspecified atom stereocenters. The molecule has 2 rings (SSSR count). The molecule has 0 saturated carbocycles. The van der Waals surface area contributed by atoms with E-state index in [1.807, 2.05) is 25.1 Å². The molecular formula is C9H9NO2. The molecule has 0 radical (unpaired) electrons. The van der Waals surface area contributed by atoms with Crippen molar-refractivity contribution in [2.75, 3.05) is 0 Å². The molecule has 62 valence electrons. The Kier molecular flexibility index (Phi) is 1.59. The van der Waals surface area contributed by atoms with Crippen LogP contribution >= 0.6 is 0 Å². The lowest BCUT2D eigenvalue weighted by Gasteiger charge is -1.94. The lowest BCUT2D eigenvalue weighted by Crippen LogP contribution is -1.82. The van der Waals surface area contributed by atoms with Gasteiger partial charge in [-0.2, -0.15) is 0 Å². The maximum absolute atomic E-state index is 8.96. The van der Waals surface area contributed by atoms with Crippen molar-refractivity contribution < 1.29 is 9.63 Å². The number of hydrogen-bond donors (Lipinski definition) is 1. The molecule has 0 saturated heterocycles. The number of rotatable bonds is 1. The zero-order chi connectivity index (χ0) is 8.55. The quantitative estimate of drug-likeness (QED) is 0.695. The van der Waals surface area contributed by atoms with Crippen LogP contribution in [-0.2, 0) is 6.61 Å². The van der Waals surface area contributed by atoms with Crippen molar-refractivity contribution in [3.63, 3.8) is 0 Å². The summed E-state index contributed by atoms with van der Waals surface area (Å²) >= 11 is 0. The standard InChI is InChI=1S/C9H9NO2/c1-6-8-4-2-3-7(5-11)9(8)12-10-6/h2-4,11H,5H2,1H3. The average Bonchev–Trinajstić information content (AvgIpc) is 2.48. The molecule has 1 N–H and O–H groups in total. The van der Waals surface area contributed by atoms with Gasteiger partial charge < -0.3 is 9.63 Å². The topological polar surface area (TPSA) is 46.3 Å². The van der Waals surface area contributed by atoms with Crippen molar-refractivity contribution in [2.45, 2.75) is 13.5 Å². The number of nitrogens with zero attached hydrogens (tertiary/aromatic N) is 1. The van der Waals surface area contributed by atoms with Gasteiger partial charge in [0.1, 0.15) is 0 Å². The number of fused-ring (bicyclic) bond motifs is 1. The van der Waals surface area contributed by atoms with Gasteiger partial charge in [-0.25, -0.2) is 0 Å². The van der Waals surface area contributed by atoms with Crippen LogP contribution in [0.5, 0.6) is 0 Å². The molecule has 0 atom stereocenters. The second kappa shape index (κ2) is 2.60. The van der Waals surface area contributed by atoms with Crippen LogP contribution in [0, 0.1) is 6.92 Å². The molecule has 0 aliphatic heterocycles. The van der Waals surface area contributed by atoms with Crippen LogP contribution in [0.1, 0.15) is 11.3 Å². The highest BCUT2D eigenvalue weighted by Crippen LogP contribution is 2.21. The van der Waals surface area contributed by atoms with Gasteiger partial charge in [-0.3, -0.25) is 0 Å². The summed E-state index contributed by atoms with van der Waals surface area (Å²) in [5.74, 6) is 0. The van der Waals surface area contributed by atoms with Crippen molar-refractivity contribution in [1.82, 2.24) is 5.16 Å². The van der Waals surface area contributed by atoms with E-state index in [1.165, 1.54) is 0 Å². The summed E-state index contributed by atoms with van der Waals surface area (Å²) in [5.41, 5.74) is 2.34. The summed E-state index contributed by atoms with van der Waals surface area (Å²) in [6.45, 7) is 1.87. The third-order valence-corrected chi connectivity index (χ3v) is 1.93. The largest absolute Gasteiger partial charge is 0.392 e. The Labute approximate surface area is 69.6 Å².